The first kappa shape index (κ1) is 20.0. The molecule has 3 rings (SSSR count). The van der Waals surface area contributed by atoms with Gasteiger partial charge in [-0.2, -0.15) is 13.9 Å². The normalized spacial score (nSPS) is 16.3. The standard InChI is InChI=1S/C20H16F2N2O5/c21-20(22)29-17-8-4-2-5-12(17)14-11-15(13-6-1-3-7-16(13)25)24(23-14)18(26)9-10-19(27)28/h1-10,15,20,25H,11H2,(H,27,28)/b10-9-/t15-/m0/s1. The minimum absolute atomic E-state index is 0.0777. The summed E-state index contributed by atoms with van der Waals surface area (Å²) in [6.45, 7) is -3.04. The van der Waals surface area contributed by atoms with Crippen LogP contribution in [0.25, 0.3) is 0 Å². The third-order valence-electron chi connectivity index (χ3n) is 4.21. The van der Waals surface area contributed by atoms with Crippen molar-refractivity contribution in [2.75, 3.05) is 0 Å². The quantitative estimate of drug-likeness (QED) is 0.723. The largest absolute Gasteiger partial charge is 0.508 e. The van der Waals surface area contributed by atoms with Crippen LogP contribution in [0.1, 0.15) is 23.6 Å². The number of nitrogens with zero attached hydrogens (tertiary/aromatic N) is 2. The predicted octanol–water partition coefficient (Wildman–Crippen LogP) is 3.31. The van der Waals surface area contributed by atoms with E-state index in [-0.39, 0.29) is 29.2 Å². The summed E-state index contributed by atoms with van der Waals surface area (Å²) < 4.78 is 30.0. The Labute approximate surface area is 164 Å². The molecule has 9 heteroatoms. The number of phenolic OH excluding ortho intramolecular Hbond substituents is 1. The minimum atomic E-state index is -3.04. The Hall–Kier alpha value is -3.75. The maximum absolute atomic E-state index is 12.7. The molecule has 0 bridgehead atoms. The lowest BCUT2D eigenvalue weighted by atomic mass is 9.97. The van der Waals surface area contributed by atoms with Crippen molar-refractivity contribution in [3.63, 3.8) is 0 Å². The number of aromatic hydroxyl groups is 1. The summed E-state index contributed by atoms with van der Waals surface area (Å²) in [5, 5.41) is 24.2. The first-order valence-corrected chi connectivity index (χ1v) is 8.50. The molecule has 1 atom stereocenters. The summed E-state index contributed by atoms with van der Waals surface area (Å²) in [4.78, 5) is 23.3. The second-order valence-corrected chi connectivity index (χ2v) is 6.05. The van der Waals surface area contributed by atoms with Crippen molar-refractivity contribution in [1.82, 2.24) is 5.01 Å². The van der Waals surface area contributed by atoms with Gasteiger partial charge in [0.15, 0.2) is 0 Å². The summed E-state index contributed by atoms with van der Waals surface area (Å²) in [6, 6.07) is 11.6. The maximum Gasteiger partial charge on any atom is 0.387 e. The molecule has 0 unspecified atom stereocenters. The minimum Gasteiger partial charge on any atom is -0.508 e. The Bertz CT molecular complexity index is 990. The molecule has 0 fully saturated rings. The molecule has 1 aliphatic heterocycles. The number of carbonyl (C=O) groups is 2. The van der Waals surface area contributed by atoms with Gasteiger partial charge in [-0.3, -0.25) is 4.79 Å². The Morgan fingerprint density at radius 1 is 1.14 bits per heavy atom. The monoisotopic (exact) mass is 402 g/mol. The fourth-order valence-corrected chi connectivity index (χ4v) is 3.01. The fraction of sp³-hybridized carbons (Fsp3) is 0.150. The van der Waals surface area contributed by atoms with Crippen molar-refractivity contribution in [3.05, 3.63) is 71.8 Å². The lowest BCUT2D eigenvalue weighted by Crippen LogP contribution is -2.25. The molecule has 2 N–H and O–H groups in total. The zero-order chi connectivity index (χ0) is 21.0. The number of hydrogen-bond acceptors (Lipinski definition) is 5. The van der Waals surface area contributed by atoms with E-state index < -0.39 is 24.5 Å². The number of phenols is 1. The van der Waals surface area contributed by atoms with Crippen LogP contribution in [0.4, 0.5) is 8.78 Å². The van der Waals surface area contributed by atoms with Gasteiger partial charge in [0.25, 0.3) is 5.91 Å². The third kappa shape index (κ3) is 4.57. The van der Waals surface area contributed by atoms with Crippen molar-refractivity contribution in [2.24, 2.45) is 5.10 Å². The molecule has 29 heavy (non-hydrogen) atoms. The summed E-state index contributed by atoms with van der Waals surface area (Å²) in [7, 11) is 0. The van der Waals surface area contributed by atoms with Crippen LogP contribution in [0.2, 0.25) is 0 Å². The first-order valence-electron chi connectivity index (χ1n) is 8.50. The van der Waals surface area contributed by atoms with Gasteiger partial charge in [-0.25, -0.2) is 9.80 Å². The molecular weight excluding hydrogens is 386 g/mol. The van der Waals surface area contributed by atoms with E-state index >= 15 is 0 Å². The zero-order valence-corrected chi connectivity index (χ0v) is 14.9. The first-order chi connectivity index (χ1) is 13.9. The lowest BCUT2D eigenvalue weighted by Gasteiger charge is -2.21. The molecule has 0 saturated carbocycles. The highest BCUT2D eigenvalue weighted by Crippen LogP contribution is 2.38. The van der Waals surface area contributed by atoms with Crippen molar-refractivity contribution < 1.29 is 33.3 Å². The lowest BCUT2D eigenvalue weighted by molar-refractivity contribution is -0.132. The fourth-order valence-electron chi connectivity index (χ4n) is 3.01. The number of alkyl halides is 2. The number of hydrazone groups is 1. The molecule has 1 aliphatic rings. The average Bonchev–Trinajstić information content (AvgIpc) is 3.11. The van der Waals surface area contributed by atoms with Gasteiger partial charge in [0.2, 0.25) is 0 Å². The van der Waals surface area contributed by atoms with E-state index in [9.17, 15) is 23.5 Å². The number of benzene rings is 2. The van der Waals surface area contributed by atoms with Gasteiger partial charge in [0.05, 0.1) is 11.8 Å². The van der Waals surface area contributed by atoms with E-state index in [4.69, 9.17) is 5.11 Å². The number of hydrogen-bond donors (Lipinski definition) is 2. The van der Waals surface area contributed by atoms with Crippen molar-refractivity contribution in [2.45, 2.75) is 19.1 Å². The number of para-hydroxylation sites is 2. The molecule has 2 aromatic rings. The average molecular weight is 402 g/mol. The smallest absolute Gasteiger partial charge is 0.387 e. The van der Waals surface area contributed by atoms with Gasteiger partial charge in [-0.05, 0) is 18.2 Å². The second kappa shape index (κ2) is 8.51. The predicted molar refractivity (Wildman–Crippen MR) is 98.7 cm³/mol. The zero-order valence-electron chi connectivity index (χ0n) is 14.9. The van der Waals surface area contributed by atoms with Crippen LogP contribution in [0, 0.1) is 0 Å². The molecule has 0 saturated heterocycles. The number of amides is 1. The molecule has 0 spiro atoms. The number of rotatable bonds is 6. The third-order valence-corrected chi connectivity index (χ3v) is 4.21. The topological polar surface area (TPSA) is 99.4 Å². The van der Waals surface area contributed by atoms with Gasteiger partial charge >= 0.3 is 12.6 Å². The van der Waals surface area contributed by atoms with Gasteiger partial charge in [0, 0.05) is 29.7 Å². The Balaban J connectivity index is 2.02. The van der Waals surface area contributed by atoms with E-state index in [1.807, 2.05) is 0 Å². The molecule has 0 aliphatic carbocycles. The second-order valence-electron chi connectivity index (χ2n) is 6.05. The van der Waals surface area contributed by atoms with Gasteiger partial charge in [-0.1, -0.05) is 30.3 Å². The highest BCUT2D eigenvalue weighted by Gasteiger charge is 2.34. The molecule has 1 heterocycles. The van der Waals surface area contributed by atoms with E-state index in [1.54, 1.807) is 24.3 Å². The van der Waals surface area contributed by atoms with E-state index in [1.165, 1.54) is 24.3 Å². The van der Waals surface area contributed by atoms with E-state index in [0.29, 0.717) is 11.6 Å². The van der Waals surface area contributed by atoms with Crippen molar-refractivity contribution in [1.29, 1.82) is 0 Å². The summed E-state index contributed by atoms with van der Waals surface area (Å²) in [5.74, 6) is -2.22. The molecule has 0 radical (unpaired) electrons. The number of carboxylic acid groups (broad SMARTS) is 1. The molecule has 7 nitrogen and oxygen atoms in total. The van der Waals surface area contributed by atoms with Crippen LogP contribution in [-0.4, -0.2) is 39.4 Å². The van der Waals surface area contributed by atoms with Crippen molar-refractivity contribution in [3.8, 4) is 11.5 Å². The molecular formula is C20H16F2N2O5. The highest BCUT2D eigenvalue weighted by atomic mass is 19.3. The van der Waals surface area contributed by atoms with Crippen molar-refractivity contribution >= 4 is 17.6 Å². The Morgan fingerprint density at radius 2 is 1.83 bits per heavy atom. The van der Waals surface area contributed by atoms with Crippen LogP contribution < -0.4 is 4.74 Å². The van der Waals surface area contributed by atoms with Gasteiger partial charge in [0.1, 0.15) is 11.5 Å². The summed E-state index contributed by atoms with van der Waals surface area (Å²) in [6.07, 6.45) is 1.61. The SMILES string of the molecule is O=C(O)/C=C\C(=O)N1N=C(c2ccccc2OC(F)F)C[C@H]1c1ccccc1O. The molecule has 150 valence electrons. The Kier molecular flexibility index (Phi) is 5.87. The van der Waals surface area contributed by atoms with Gasteiger partial charge in [-0.15, -0.1) is 0 Å². The van der Waals surface area contributed by atoms with Crippen LogP contribution in [-0.2, 0) is 9.59 Å². The number of carbonyl (C=O) groups excluding carboxylic acids is 1. The maximum atomic E-state index is 12.7. The van der Waals surface area contributed by atoms with Gasteiger partial charge < -0.3 is 14.9 Å². The summed E-state index contributed by atoms with van der Waals surface area (Å²) in [5.41, 5.74) is 0.938. The number of ether oxygens (including phenoxy) is 1. The molecule has 0 aromatic heterocycles. The van der Waals surface area contributed by atoms with E-state index in [2.05, 4.69) is 9.84 Å². The van der Waals surface area contributed by atoms with E-state index in [0.717, 1.165) is 11.1 Å². The van der Waals surface area contributed by atoms with Crippen LogP contribution in [0.5, 0.6) is 11.5 Å². The molecule has 1 amide bonds. The van der Waals surface area contributed by atoms with Crippen LogP contribution in [0.15, 0.2) is 65.8 Å². The van der Waals surface area contributed by atoms with Crippen LogP contribution in [0.3, 0.4) is 0 Å². The van der Waals surface area contributed by atoms with Crippen LogP contribution >= 0.6 is 0 Å². The summed E-state index contributed by atoms with van der Waals surface area (Å²) >= 11 is 0. The molecule has 2 aromatic carbocycles. The Morgan fingerprint density at radius 3 is 2.52 bits per heavy atom. The number of aliphatic carboxylic acids is 1. The number of carboxylic acids is 1. The number of halogens is 2. The highest BCUT2D eigenvalue weighted by molar-refractivity contribution is 6.06.